The Kier molecular flexibility index (Phi) is 8.29. The smallest absolute Gasteiger partial charge is 0.163 e. The van der Waals surface area contributed by atoms with E-state index >= 15 is 0 Å². The average molecular weight is 790 g/mol. The predicted octanol–water partition coefficient (Wildman–Crippen LogP) is 14.1. The van der Waals surface area contributed by atoms with Crippen LogP contribution in [-0.4, -0.2) is 15.0 Å². The zero-order valence-corrected chi connectivity index (χ0v) is 34.7. The third-order valence-corrected chi connectivity index (χ3v) is 14.3. The Bertz CT molecular complexity index is 2920. The molecule has 4 aliphatic rings. The molecule has 2 bridgehead atoms. The molecule has 1 aliphatic heterocycles. The van der Waals surface area contributed by atoms with E-state index < -0.39 is 5.41 Å². The fraction of sp³-hybridized carbons (Fsp3) is 0.211. The maximum Gasteiger partial charge on any atom is 0.163 e. The summed E-state index contributed by atoms with van der Waals surface area (Å²) in [6.07, 6.45) is 6.03. The molecule has 2 heterocycles. The van der Waals surface area contributed by atoms with Crippen molar-refractivity contribution in [2.45, 2.75) is 56.8 Å². The van der Waals surface area contributed by atoms with Crippen molar-refractivity contribution in [2.24, 2.45) is 17.8 Å². The molecule has 3 aliphatic carbocycles. The summed E-state index contributed by atoms with van der Waals surface area (Å²) in [5.74, 6) is 6.31. The second-order valence-electron chi connectivity index (χ2n) is 18.4. The number of hydrogen-bond donors (Lipinski definition) is 0. The van der Waals surface area contributed by atoms with E-state index in [4.69, 9.17) is 19.7 Å². The highest BCUT2D eigenvalue weighted by molar-refractivity contribution is 5.91. The molecule has 0 amide bonds. The highest BCUT2D eigenvalue weighted by Crippen LogP contribution is 2.62. The summed E-state index contributed by atoms with van der Waals surface area (Å²) in [6, 6.07) is 61.2. The van der Waals surface area contributed by atoms with Gasteiger partial charge in [0, 0.05) is 27.7 Å². The number of para-hydroxylation sites is 2. The largest absolute Gasteiger partial charge is 0.457 e. The molecule has 0 N–H and O–H groups in total. The number of aromatic nitrogens is 3. The van der Waals surface area contributed by atoms with E-state index in [1.807, 2.05) is 0 Å². The first-order valence-electron chi connectivity index (χ1n) is 22.1. The number of nitrogens with zero attached hydrogens (tertiary/aromatic N) is 3. The molecular weight excluding hydrogens is 743 g/mol. The van der Waals surface area contributed by atoms with Gasteiger partial charge in [-0.25, -0.2) is 15.0 Å². The Hall–Kier alpha value is -6.65. The molecule has 7 aromatic carbocycles. The van der Waals surface area contributed by atoms with E-state index in [9.17, 15) is 0 Å². The minimum atomic E-state index is -0.486. The highest BCUT2D eigenvalue weighted by atomic mass is 16.5. The maximum atomic E-state index is 6.57. The summed E-state index contributed by atoms with van der Waals surface area (Å²) in [7, 11) is 0. The zero-order chi connectivity index (χ0) is 40.7. The van der Waals surface area contributed by atoms with Gasteiger partial charge in [0.15, 0.2) is 11.6 Å². The van der Waals surface area contributed by atoms with Crippen molar-refractivity contribution in [2.75, 3.05) is 0 Å². The fourth-order valence-electron chi connectivity index (χ4n) is 12.2. The molecule has 4 nitrogen and oxygen atoms in total. The van der Waals surface area contributed by atoms with Gasteiger partial charge in [0.25, 0.3) is 0 Å². The molecule has 0 radical (unpaired) electrons. The topological polar surface area (TPSA) is 47.9 Å². The third-order valence-electron chi connectivity index (χ3n) is 14.3. The van der Waals surface area contributed by atoms with E-state index in [2.05, 4.69) is 184 Å². The molecule has 4 atom stereocenters. The van der Waals surface area contributed by atoms with Crippen LogP contribution in [-0.2, 0) is 10.8 Å². The Labute approximate surface area is 358 Å². The molecular formula is C57H47N3O. The monoisotopic (exact) mass is 789 g/mol. The van der Waals surface area contributed by atoms with Crippen molar-refractivity contribution in [3.63, 3.8) is 0 Å². The number of rotatable bonds is 5. The van der Waals surface area contributed by atoms with Crippen LogP contribution in [0.3, 0.4) is 0 Å². The third kappa shape index (κ3) is 5.75. The number of ether oxygens (including phenoxy) is 1. The lowest BCUT2D eigenvalue weighted by atomic mass is 9.56. The highest BCUT2D eigenvalue weighted by Gasteiger charge is 2.51. The summed E-state index contributed by atoms with van der Waals surface area (Å²) in [6.45, 7) is 4.87. The van der Waals surface area contributed by atoms with Crippen molar-refractivity contribution < 1.29 is 4.74 Å². The molecule has 3 unspecified atom stereocenters. The lowest BCUT2D eigenvalue weighted by molar-refractivity contribution is 0.0720. The lowest BCUT2D eigenvalue weighted by Crippen LogP contribution is -2.43. The number of benzene rings is 7. The first-order chi connectivity index (χ1) is 29.9. The minimum Gasteiger partial charge on any atom is -0.457 e. The summed E-state index contributed by atoms with van der Waals surface area (Å²) in [5.41, 5.74) is 13.6. The first-order valence-corrected chi connectivity index (χ1v) is 22.1. The van der Waals surface area contributed by atoms with E-state index in [0.717, 1.165) is 76.4 Å². The summed E-state index contributed by atoms with van der Waals surface area (Å²) in [4.78, 5) is 16.2. The Morgan fingerprint density at radius 3 is 1.67 bits per heavy atom. The number of fused-ring (bicyclic) bond motifs is 11. The minimum absolute atomic E-state index is 0.0429. The van der Waals surface area contributed by atoms with Crippen LogP contribution in [0.2, 0.25) is 0 Å². The van der Waals surface area contributed by atoms with Gasteiger partial charge in [0.2, 0.25) is 0 Å². The van der Waals surface area contributed by atoms with Gasteiger partial charge in [0.05, 0.1) is 5.41 Å². The summed E-state index contributed by atoms with van der Waals surface area (Å²) < 4.78 is 6.57. The van der Waals surface area contributed by atoms with Gasteiger partial charge < -0.3 is 4.74 Å². The standard InChI is InChI=1S/C57H47N3O/c1-36-29-38-30-37(2)34-56(33-36,35-38)55-59-53(41-25-23-40(24-26-41)39-13-4-3-5-14-39)58-54(60-55)44-16-12-15-42(31-44)43-27-28-48-46(32-43)45-17-6-7-18-47(45)57(48)49-19-8-10-21-51(49)61-52-22-11-9-20-50(52)57/h3-28,31-32,36-38H,29-30,33-35H2,1-2H3/t36-,37?,38?,56?/m0/s1. The lowest BCUT2D eigenvalue weighted by Gasteiger charge is -2.49. The fourth-order valence-corrected chi connectivity index (χ4v) is 12.2. The molecule has 2 saturated carbocycles. The Balaban J connectivity index is 0.989. The van der Waals surface area contributed by atoms with Gasteiger partial charge in [-0.1, -0.05) is 159 Å². The normalized spacial score (nSPS) is 21.4. The van der Waals surface area contributed by atoms with Gasteiger partial charge in [-0.05, 0) is 119 Å². The van der Waals surface area contributed by atoms with E-state index in [1.165, 1.54) is 57.3 Å². The zero-order valence-electron chi connectivity index (χ0n) is 34.7. The van der Waals surface area contributed by atoms with Crippen LogP contribution >= 0.6 is 0 Å². The Morgan fingerprint density at radius 2 is 0.951 bits per heavy atom. The van der Waals surface area contributed by atoms with Crippen molar-refractivity contribution in [1.82, 2.24) is 15.0 Å². The van der Waals surface area contributed by atoms with Gasteiger partial charge in [0.1, 0.15) is 17.3 Å². The molecule has 1 spiro atoms. The van der Waals surface area contributed by atoms with Crippen LogP contribution in [0.15, 0.2) is 170 Å². The van der Waals surface area contributed by atoms with Crippen molar-refractivity contribution in [3.05, 3.63) is 198 Å². The summed E-state index contributed by atoms with van der Waals surface area (Å²) in [5, 5.41) is 0. The second-order valence-corrected chi connectivity index (χ2v) is 18.4. The van der Waals surface area contributed by atoms with E-state index in [0.29, 0.717) is 11.8 Å². The van der Waals surface area contributed by atoms with Gasteiger partial charge in [-0.2, -0.15) is 0 Å². The second kappa shape index (κ2) is 14.0. The van der Waals surface area contributed by atoms with Crippen LogP contribution in [0.5, 0.6) is 11.5 Å². The number of hydrogen-bond acceptors (Lipinski definition) is 4. The van der Waals surface area contributed by atoms with E-state index in [1.54, 1.807) is 0 Å². The van der Waals surface area contributed by atoms with Crippen LogP contribution in [0, 0.1) is 17.8 Å². The Morgan fingerprint density at radius 1 is 0.426 bits per heavy atom. The summed E-state index contributed by atoms with van der Waals surface area (Å²) >= 11 is 0. The SMILES string of the molecule is CC1CC2C[C@H](C)CC(c3nc(-c4ccc(-c5ccccc5)cc4)nc(-c4cccc(-c5ccc6c(c5)-c5ccccc5C65c6ccccc6Oc6ccccc65)c4)n3)(C1)C2. The van der Waals surface area contributed by atoms with Gasteiger partial charge in [-0.15, -0.1) is 0 Å². The van der Waals surface area contributed by atoms with Crippen molar-refractivity contribution >= 4 is 0 Å². The van der Waals surface area contributed by atoms with Crippen LogP contribution < -0.4 is 4.74 Å². The predicted molar refractivity (Wildman–Crippen MR) is 246 cm³/mol. The molecule has 8 aromatic rings. The van der Waals surface area contributed by atoms with Crippen LogP contribution in [0.1, 0.15) is 74.0 Å². The van der Waals surface area contributed by atoms with E-state index in [-0.39, 0.29) is 5.41 Å². The van der Waals surface area contributed by atoms with Crippen molar-refractivity contribution in [1.29, 1.82) is 0 Å². The maximum absolute atomic E-state index is 6.57. The molecule has 0 saturated heterocycles. The average Bonchev–Trinajstić information content (AvgIpc) is 3.59. The molecule has 296 valence electrons. The van der Waals surface area contributed by atoms with Crippen molar-refractivity contribution in [3.8, 4) is 67.7 Å². The molecule has 4 heteroatoms. The molecule has 2 fully saturated rings. The van der Waals surface area contributed by atoms with Crippen LogP contribution in [0.4, 0.5) is 0 Å². The van der Waals surface area contributed by atoms with Gasteiger partial charge >= 0.3 is 0 Å². The molecule has 12 rings (SSSR count). The quantitative estimate of drug-likeness (QED) is 0.174. The van der Waals surface area contributed by atoms with Crippen LogP contribution in [0.25, 0.3) is 56.2 Å². The molecule has 1 aromatic heterocycles. The van der Waals surface area contributed by atoms with Gasteiger partial charge in [-0.3, -0.25) is 0 Å². The first kappa shape index (κ1) is 36.2. The molecule has 61 heavy (non-hydrogen) atoms.